The fourth-order valence-corrected chi connectivity index (χ4v) is 3.11. The second-order valence-corrected chi connectivity index (χ2v) is 6.40. The lowest BCUT2D eigenvalue weighted by Crippen LogP contribution is -3.14. The third kappa shape index (κ3) is 4.45. The molecule has 1 N–H and O–H groups in total. The van der Waals surface area contributed by atoms with Gasteiger partial charge in [-0.15, -0.1) is 0 Å². The van der Waals surface area contributed by atoms with Gasteiger partial charge in [0.1, 0.15) is 0 Å². The summed E-state index contributed by atoms with van der Waals surface area (Å²) in [5, 5.41) is 10.9. The molecule has 1 fully saturated rings. The van der Waals surface area contributed by atoms with E-state index in [9.17, 15) is 28.1 Å². The van der Waals surface area contributed by atoms with Crippen LogP contribution in [-0.4, -0.2) is 35.7 Å². The highest BCUT2D eigenvalue weighted by Crippen LogP contribution is 2.31. The van der Waals surface area contributed by atoms with Crippen molar-refractivity contribution in [1.29, 1.82) is 0 Å². The Morgan fingerprint density at radius 3 is 2.48 bits per heavy atom. The van der Waals surface area contributed by atoms with Gasteiger partial charge in [-0.1, -0.05) is 6.07 Å². The molecule has 2 heterocycles. The van der Waals surface area contributed by atoms with Crippen molar-refractivity contribution in [3.05, 3.63) is 68.6 Å². The summed E-state index contributed by atoms with van der Waals surface area (Å²) >= 11 is 0. The van der Waals surface area contributed by atoms with E-state index >= 15 is 0 Å². The van der Waals surface area contributed by atoms with E-state index in [2.05, 4.69) is 0 Å². The predicted molar refractivity (Wildman–Crippen MR) is 91.7 cm³/mol. The summed E-state index contributed by atoms with van der Waals surface area (Å²) in [4.78, 5) is 25.1. The largest absolute Gasteiger partial charge is 0.416 e. The molecule has 1 aliphatic heterocycles. The monoisotopic (exact) mass is 383 g/mol. The van der Waals surface area contributed by atoms with Gasteiger partial charge >= 0.3 is 6.18 Å². The van der Waals surface area contributed by atoms with Crippen molar-refractivity contribution in [2.45, 2.75) is 12.8 Å². The Hall–Kier alpha value is -2.88. The van der Waals surface area contributed by atoms with Gasteiger partial charge in [0.2, 0.25) is 0 Å². The zero-order chi connectivity index (χ0) is 19.6. The molecule has 0 radical (unpaired) electrons. The van der Waals surface area contributed by atoms with E-state index in [4.69, 9.17) is 0 Å². The lowest BCUT2D eigenvalue weighted by atomic mass is 10.1. The van der Waals surface area contributed by atoms with Crippen LogP contribution in [0.3, 0.4) is 0 Å². The summed E-state index contributed by atoms with van der Waals surface area (Å²) in [6.07, 6.45) is -3.17. The topological polar surface area (TPSA) is 72.8 Å². The Balaban J connectivity index is 1.65. The molecule has 1 aromatic heterocycles. The van der Waals surface area contributed by atoms with Crippen molar-refractivity contribution in [3.8, 4) is 0 Å². The maximum Gasteiger partial charge on any atom is 0.416 e. The van der Waals surface area contributed by atoms with Gasteiger partial charge in [0.05, 0.1) is 42.9 Å². The molecular weight excluding hydrogens is 365 g/mol. The highest BCUT2D eigenvalue weighted by atomic mass is 19.4. The van der Waals surface area contributed by atoms with E-state index in [1.54, 1.807) is 6.07 Å². The standard InChI is InChI=1S/C17H17F3N4O3/c18-17(19,20)13-2-1-3-14(10-13)22-8-6-21(7-9-22)12-23-11-15(24(26)27)4-5-16(23)25/h1-5,10-11H,6-9,12H2/p+1. The maximum absolute atomic E-state index is 12.9. The number of anilines is 1. The summed E-state index contributed by atoms with van der Waals surface area (Å²) in [5.41, 5.74) is -0.653. The number of pyridine rings is 1. The first-order chi connectivity index (χ1) is 12.7. The first-order valence-corrected chi connectivity index (χ1v) is 8.35. The summed E-state index contributed by atoms with van der Waals surface area (Å²) in [7, 11) is 0. The van der Waals surface area contributed by atoms with Crippen molar-refractivity contribution in [2.75, 3.05) is 31.1 Å². The Labute approximate surface area is 152 Å². The molecule has 0 spiro atoms. The van der Waals surface area contributed by atoms with Crippen LogP contribution in [0.15, 0.2) is 47.4 Å². The first-order valence-electron chi connectivity index (χ1n) is 8.35. The number of hydrogen-bond donors (Lipinski definition) is 1. The van der Waals surface area contributed by atoms with E-state index in [1.165, 1.54) is 22.9 Å². The Morgan fingerprint density at radius 1 is 1.15 bits per heavy atom. The molecule has 0 unspecified atom stereocenters. The number of nitrogens with zero attached hydrogens (tertiary/aromatic N) is 3. The molecule has 3 rings (SSSR count). The van der Waals surface area contributed by atoms with Crippen LogP contribution in [0.25, 0.3) is 0 Å². The third-order valence-electron chi connectivity index (χ3n) is 4.58. The highest BCUT2D eigenvalue weighted by Gasteiger charge is 2.31. The molecule has 27 heavy (non-hydrogen) atoms. The van der Waals surface area contributed by atoms with Crippen molar-refractivity contribution in [1.82, 2.24) is 4.57 Å². The van der Waals surface area contributed by atoms with E-state index < -0.39 is 16.7 Å². The molecule has 0 atom stereocenters. The fraction of sp³-hybridized carbons (Fsp3) is 0.353. The van der Waals surface area contributed by atoms with Crippen LogP contribution in [0.1, 0.15) is 5.56 Å². The van der Waals surface area contributed by atoms with Gasteiger partial charge in [0.15, 0.2) is 6.67 Å². The molecule has 10 heteroatoms. The smallest absolute Gasteiger partial charge is 0.360 e. The predicted octanol–water partition coefficient (Wildman–Crippen LogP) is 1.14. The van der Waals surface area contributed by atoms with Crippen LogP contribution in [0.4, 0.5) is 24.5 Å². The molecule has 1 aromatic carbocycles. The van der Waals surface area contributed by atoms with Crippen LogP contribution in [-0.2, 0) is 12.8 Å². The quantitative estimate of drug-likeness (QED) is 0.635. The van der Waals surface area contributed by atoms with Gasteiger partial charge in [0, 0.05) is 17.8 Å². The van der Waals surface area contributed by atoms with E-state index in [1.807, 2.05) is 4.90 Å². The van der Waals surface area contributed by atoms with E-state index in [0.717, 1.165) is 23.1 Å². The van der Waals surface area contributed by atoms with Crippen LogP contribution in [0, 0.1) is 10.1 Å². The molecule has 1 saturated heterocycles. The van der Waals surface area contributed by atoms with Crippen molar-refractivity contribution in [3.63, 3.8) is 0 Å². The van der Waals surface area contributed by atoms with Crippen molar-refractivity contribution >= 4 is 11.4 Å². The number of aromatic nitrogens is 1. The van der Waals surface area contributed by atoms with Gasteiger partial charge in [-0.2, -0.15) is 13.2 Å². The van der Waals surface area contributed by atoms with Gasteiger partial charge in [-0.3, -0.25) is 19.5 Å². The first kappa shape index (κ1) is 18.9. The number of halogens is 3. The minimum Gasteiger partial charge on any atom is -0.360 e. The van der Waals surface area contributed by atoms with Gasteiger partial charge in [-0.05, 0) is 18.2 Å². The molecule has 144 valence electrons. The van der Waals surface area contributed by atoms with Gasteiger partial charge < -0.3 is 9.80 Å². The zero-order valence-electron chi connectivity index (χ0n) is 14.3. The summed E-state index contributed by atoms with van der Waals surface area (Å²) in [6, 6.07) is 7.54. The number of nitrogens with one attached hydrogen (secondary N) is 1. The summed E-state index contributed by atoms with van der Waals surface area (Å²) < 4.78 is 39.9. The number of quaternary nitrogens is 1. The molecule has 0 saturated carbocycles. The normalized spacial score (nSPS) is 15.7. The highest BCUT2D eigenvalue weighted by molar-refractivity contribution is 5.49. The molecule has 7 nitrogen and oxygen atoms in total. The van der Waals surface area contributed by atoms with Crippen LogP contribution in [0.2, 0.25) is 0 Å². The lowest BCUT2D eigenvalue weighted by molar-refractivity contribution is -0.923. The van der Waals surface area contributed by atoms with Gasteiger partial charge in [0.25, 0.3) is 11.2 Å². The molecular formula is C17H18F3N4O3+. The average molecular weight is 383 g/mol. The SMILES string of the molecule is O=c1ccc([N+](=O)[O-])cn1C[NH+]1CCN(c2cccc(C(F)(F)F)c2)CC1. The second-order valence-electron chi connectivity index (χ2n) is 6.40. The number of rotatable bonds is 4. The second kappa shape index (κ2) is 7.39. The Morgan fingerprint density at radius 2 is 1.85 bits per heavy atom. The minimum absolute atomic E-state index is 0.156. The van der Waals surface area contributed by atoms with Crippen LogP contribution < -0.4 is 15.4 Å². The minimum atomic E-state index is -4.38. The molecule has 0 bridgehead atoms. The van der Waals surface area contributed by atoms with Crippen molar-refractivity contribution in [2.24, 2.45) is 0 Å². The average Bonchev–Trinajstić information content (AvgIpc) is 2.63. The number of piperazine rings is 1. The van der Waals surface area contributed by atoms with Gasteiger partial charge in [-0.25, -0.2) is 0 Å². The Bertz CT molecular complexity index is 889. The Kier molecular flexibility index (Phi) is 5.17. The number of alkyl halides is 3. The maximum atomic E-state index is 12.9. The molecule has 1 aliphatic rings. The number of hydrogen-bond acceptors (Lipinski definition) is 4. The van der Waals surface area contributed by atoms with Crippen LogP contribution in [0.5, 0.6) is 0 Å². The summed E-state index contributed by atoms with van der Waals surface area (Å²) in [5.74, 6) is 0. The number of benzene rings is 1. The van der Waals surface area contributed by atoms with E-state index in [-0.39, 0.29) is 17.9 Å². The molecule has 0 aliphatic carbocycles. The zero-order valence-corrected chi connectivity index (χ0v) is 14.3. The van der Waals surface area contributed by atoms with E-state index in [0.29, 0.717) is 31.9 Å². The lowest BCUT2D eigenvalue weighted by Gasteiger charge is -2.34. The third-order valence-corrected chi connectivity index (χ3v) is 4.58. The van der Waals surface area contributed by atoms with Crippen LogP contribution >= 0.6 is 0 Å². The fourth-order valence-electron chi connectivity index (χ4n) is 3.11. The number of nitro groups is 1. The molecule has 2 aromatic rings. The molecule has 0 amide bonds. The van der Waals surface area contributed by atoms with Crippen molar-refractivity contribution < 1.29 is 23.0 Å². The summed E-state index contributed by atoms with van der Waals surface area (Å²) in [6.45, 7) is 2.54.